The van der Waals surface area contributed by atoms with Gasteiger partial charge in [0.05, 0.1) is 17.6 Å². The summed E-state index contributed by atoms with van der Waals surface area (Å²) >= 11 is 0. The molecule has 0 unspecified atom stereocenters. The molecule has 0 radical (unpaired) electrons. The van der Waals surface area contributed by atoms with E-state index in [1.54, 1.807) is 12.1 Å². The van der Waals surface area contributed by atoms with Crippen molar-refractivity contribution >= 4 is 17.1 Å². The maximum absolute atomic E-state index is 12.5. The van der Waals surface area contributed by atoms with Crippen molar-refractivity contribution in [3.05, 3.63) is 86.8 Å². The highest BCUT2D eigenvalue weighted by atomic mass is 16.5. The number of carbonyl (C=O) groups is 1. The standard InChI is InChI=1S/C21H19N5O4/c1-25(2)11-13-3-5-14(6-4-13)20(28)30-16-9-7-15(8-10-16)26-19(27)17-18(23-12-22-17)24-21(26)29/h3-10,12H,11H2,1-2H3,(H,22,23)(H,24,29). The number of hydrogen-bond donors (Lipinski definition) is 2. The van der Waals surface area contributed by atoms with Gasteiger partial charge in [-0.2, -0.15) is 0 Å². The maximum atomic E-state index is 12.5. The zero-order chi connectivity index (χ0) is 21.3. The number of nitrogens with one attached hydrogen (secondary N) is 2. The van der Waals surface area contributed by atoms with E-state index in [4.69, 9.17) is 4.74 Å². The molecule has 0 atom stereocenters. The van der Waals surface area contributed by atoms with Crippen molar-refractivity contribution in [3.63, 3.8) is 0 Å². The zero-order valence-corrected chi connectivity index (χ0v) is 16.4. The Labute approximate surface area is 170 Å². The second kappa shape index (κ2) is 7.80. The number of nitrogens with zero attached hydrogens (tertiary/aromatic N) is 3. The van der Waals surface area contributed by atoms with Gasteiger partial charge in [0, 0.05) is 6.54 Å². The number of carbonyl (C=O) groups excluding carboxylic acids is 1. The van der Waals surface area contributed by atoms with Gasteiger partial charge in [-0.15, -0.1) is 0 Å². The Hall–Kier alpha value is -3.98. The summed E-state index contributed by atoms with van der Waals surface area (Å²) < 4.78 is 6.37. The Kier molecular flexibility index (Phi) is 5.03. The fourth-order valence-corrected chi connectivity index (χ4v) is 3.09. The second-order valence-electron chi connectivity index (χ2n) is 7.01. The lowest BCUT2D eigenvalue weighted by Gasteiger charge is -2.10. The summed E-state index contributed by atoms with van der Waals surface area (Å²) in [6, 6.07) is 13.3. The van der Waals surface area contributed by atoms with Crippen LogP contribution in [0.4, 0.5) is 0 Å². The van der Waals surface area contributed by atoms with E-state index in [-0.39, 0.29) is 11.2 Å². The number of rotatable bonds is 5. The molecule has 9 nitrogen and oxygen atoms in total. The number of aromatic nitrogens is 4. The van der Waals surface area contributed by atoms with Crippen LogP contribution in [0.5, 0.6) is 5.75 Å². The van der Waals surface area contributed by atoms with Gasteiger partial charge in [-0.25, -0.2) is 19.1 Å². The molecule has 2 N–H and O–H groups in total. The van der Waals surface area contributed by atoms with Crippen LogP contribution in [-0.4, -0.2) is 44.5 Å². The minimum absolute atomic E-state index is 0.197. The number of imidazole rings is 1. The molecule has 2 heterocycles. The molecule has 0 spiro atoms. The fourth-order valence-electron chi connectivity index (χ4n) is 3.09. The number of benzene rings is 2. The van der Waals surface area contributed by atoms with E-state index in [0.29, 0.717) is 17.0 Å². The molecule has 4 rings (SSSR count). The maximum Gasteiger partial charge on any atom is 0.343 e. The lowest BCUT2D eigenvalue weighted by Crippen LogP contribution is -2.33. The molecule has 2 aromatic carbocycles. The SMILES string of the molecule is CN(C)Cc1ccc(C(=O)Oc2ccc(-n3c(=O)[nH]c4nc[nH]c4c3=O)cc2)cc1. The van der Waals surface area contributed by atoms with Crippen LogP contribution in [0.3, 0.4) is 0 Å². The first-order chi connectivity index (χ1) is 14.4. The summed E-state index contributed by atoms with van der Waals surface area (Å²) in [6.45, 7) is 0.777. The normalized spacial score (nSPS) is 11.2. The summed E-state index contributed by atoms with van der Waals surface area (Å²) in [5, 5.41) is 0. The largest absolute Gasteiger partial charge is 0.423 e. The predicted octanol–water partition coefficient (Wildman–Crippen LogP) is 1.68. The fraction of sp³-hybridized carbons (Fsp3) is 0.143. The number of H-pyrrole nitrogens is 2. The van der Waals surface area contributed by atoms with Crippen LogP contribution in [0.25, 0.3) is 16.9 Å². The van der Waals surface area contributed by atoms with E-state index >= 15 is 0 Å². The first-order valence-corrected chi connectivity index (χ1v) is 9.17. The third-order valence-electron chi connectivity index (χ3n) is 4.48. The molecule has 152 valence electrons. The predicted molar refractivity (Wildman–Crippen MR) is 111 cm³/mol. The van der Waals surface area contributed by atoms with Gasteiger partial charge in [0.1, 0.15) is 11.3 Å². The van der Waals surface area contributed by atoms with E-state index in [1.807, 2.05) is 31.1 Å². The van der Waals surface area contributed by atoms with Crippen molar-refractivity contribution in [3.8, 4) is 11.4 Å². The summed E-state index contributed by atoms with van der Waals surface area (Å²) in [6.07, 6.45) is 1.34. The van der Waals surface area contributed by atoms with E-state index in [0.717, 1.165) is 16.7 Å². The Morgan fingerprint density at radius 3 is 2.43 bits per heavy atom. The van der Waals surface area contributed by atoms with Crippen molar-refractivity contribution in [1.29, 1.82) is 0 Å². The lowest BCUT2D eigenvalue weighted by atomic mass is 10.1. The van der Waals surface area contributed by atoms with Gasteiger partial charge in [-0.3, -0.25) is 9.78 Å². The smallest absolute Gasteiger partial charge is 0.343 e. The van der Waals surface area contributed by atoms with E-state index in [9.17, 15) is 14.4 Å². The summed E-state index contributed by atoms with van der Waals surface area (Å²) in [4.78, 5) is 48.3. The highest BCUT2D eigenvalue weighted by Gasteiger charge is 2.13. The van der Waals surface area contributed by atoms with Gasteiger partial charge in [0.25, 0.3) is 5.56 Å². The molecule has 0 aliphatic rings. The lowest BCUT2D eigenvalue weighted by molar-refractivity contribution is 0.0734. The zero-order valence-electron chi connectivity index (χ0n) is 16.4. The third-order valence-corrected chi connectivity index (χ3v) is 4.48. The Morgan fingerprint density at radius 1 is 1.07 bits per heavy atom. The highest BCUT2D eigenvalue weighted by molar-refractivity contribution is 5.91. The molecule has 0 bridgehead atoms. The summed E-state index contributed by atoms with van der Waals surface area (Å²) in [7, 11) is 3.95. The quantitative estimate of drug-likeness (QED) is 0.386. The molecule has 4 aromatic rings. The van der Waals surface area contributed by atoms with Crippen LogP contribution in [0.15, 0.2) is 64.4 Å². The molecule has 0 aliphatic carbocycles. The van der Waals surface area contributed by atoms with Crippen LogP contribution >= 0.6 is 0 Å². The van der Waals surface area contributed by atoms with E-state index in [1.165, 1.54) is 30.6 Å². The van der Waals surface area contributed by atoms with Crippen LogP contribution in [0.1, 0.15) is 15.9 Å². The Bertz CT molecular complexity index is 1310. The Balaban J connectivity index is 1.54. The topological polar surface area (TPSA) is 113 Å². The summed E-state index contributed by atoms with van der Waals surface area (Å²) in [5.41, 5.74) is 1.12. The van der Waals surface area contributed by atoms with E-state index < -0.39 is 17.2 Å². The minimum atomic E-state index is -0.609. The Morgan fingerprint density at radius 2 is 1.77 bits per heavy atom. The number of hydrogen-bond acceptors (Lipinski definition) is 6. The third kappa shape index (κ3) is 3.78. The molecule has 0 amide bonds. The average Bonchev–Trinajstić information content (AvgIpc) is 3.18. The number of esters is 1. The van der Waals surface area contributed by atoms with Crippen molar-refractivity contribution in [1.82, 2.24) is 24.4 Å². The van der Waals surface area contributed by atoms with Crippen molar-refractivity contribution in [2.45, 2.75) is 6.54 Å². The van der Waals surface area contributed by atoms with Gasteiger partial charge in [-0.05, 0) is 56.1 Å². The molecule has 0 saturated carbocycles. The van der Waals surface area contributed by atoms with Crippen LogP contribution in [0.2, 0.25) is 0 Å². The van der Waals surface area contributed by atoms with Crippen molar-refractivity contribution in [2.75, 3.05) is 14.1 Å². The van der Waals surface area contributed by atoms with Gasteiger partial charge in [0.2, 0.25) is 0 Å². The number of ether oxygens (including phenoxy) is 1. The van der Waals surface area contributed by atoms with Crippen LogP contribution in [-0.2, 0) is 6.54 Å². The number of aromatic amines is 2. The molecular weight excluding hydrogens is 386 g/mol. The molecule has 0 aliphatic heterocycles. The number of fused-ring (bicyclic) bond motifs is 1. The van der Waals surface area contributed by atoms with Crippen LogP contribution in [0, 0.1) is 0 Å². The average molecular weight is 405 g/mol. The molecule has 0 fully saturated rings. The first kappa shape index (κ1) is 19.3. The van der Waals surface area contributed by atoms with Gasteiger partial charge >= 0.3 is 11.7 Å². The molecule has 9 heteroatoms. The van der Waals surface area contributed by atoms with Gasteiger partial charge < -0.3 is 14.6 Å². The highest BCUT2D eigenvalue weighted by Crippen LogP contribution is 2.16. The summed E-state index contributed by atoms with van der Waals surface area (Å²) in [5.74, 6) is -0.193. The van der Waals surface area contributed by atoms with Gasteiger partial charge in [0.15, 0.2) is 5.65 Å². The second-order valence-corrected chi connectivity index (χ2v) is 7.01. The monoisotopic (exact) mass is 405 g/mol. The molecular formula is C21H19N5O4. The van der Waals surface area contributed by atoms with Crippen molar-refractivity contribution < 1.29 is 9.53 Å². The van der Waals surface area contributed by atoms with E-state index in [2.05, 4.69) is 15.0 Å². The molecule has 0 saturated heterocycles. The molecule has 30 heavy (non-hydrogen) atoms. The van der Waals surface area contributed by atoms with Gasteiger partial charge in [-0.1, -0.05) is 12.1 Å². The molecule has 2 aromatic heterocycles. The first-order valence-electron chi connectivity index (χ1n) is 9.17. The van der Waals surface area contributed by atoms with Crippen LogP contribution < -0.4 is 16.0 Å². The minimum Gasteiger partial charge on any atom is -0.423 e. The van der Waals surface area contributed by atoms with Crippen molar-refractivity contribution in [2.24, 2.45) is 0 Å².